The number of aliphatic hydroxyl groups is 1. The van der Waals surface area contributed by atoms with Crippen LogP contribution in [0.4, 0.5) is 0 Å². The molecule has 3 aromatic rings. The lowest BCUT2D eigenvalue weighted by Crippen LogP contribution is -2.42. The number of hydrogen-bond acceptors (Lipinski definition) is 5. The molecule has 1 aliphatic carbocycles. The van der Waals surface area contributed by atoms with Gasteiger partial charge in [0.1, 0.15) is 5.82 Å². The zero-order chi connectivity index (χ0) is 21.6. The molecule has 158 valence electrons. The van der Waals surface area contributed by atoms with Crippen LogP contribution in [0.1, 0.15) is 47.2 Å². The minimum absolute atomic E-state index is 0.133. The Labute approximate surface area is 187 Å². The SMILES string of the molecule is O=C(C(O)c1cncc(Br)c1)N1CCc2nc(C3(c4ccccc4)CC3)[nH]c(=O)c2C1. The van der Waals surface area contributed by atoms with Crippen LogP contribution >= 0.6 is 15.9 Å². The molecule has 0 radical (unpaired) electrons. The van der Waals surface area contributed by atoms with Crippen molar-refractivity contribution in [3.05, 3.63) is 91.8 Å². The Bertz CT molecular complexity index is 1210. The number of nitrogens with one attached hydrogen (secondary N) is 1. The molecule has 1 amide bonds. The maximum absolute atomic E-state index is 12.9. The molecule has 1 atom stereocenters. The van der Waals surface area contributed by atoms with Crippen molar-refractivity contribution in [3.63, 3.8) is 0 Å². The number of hydrogen-bond donors (Lipinski definition) is 2. The number of benzene rings is 1. The Hall–Kier alpha value is -2.84. The number of amides is 1. The molecule has 2 aliphatic rings. The molecular weight excluding hydrogens is 460 g/mol. The normalized spacial score (nSPS) is 17.7. The Morgan fingerprint density at radius 2 is 2.00 bits per heavy atom. The van der Waals surface area contributed by atoms with E-state index in [-0.39, 0.29) is 17.5 Å². The fourth-order valence-corrected chi connectivity index (χ4v) is 4.66. The van der Waals surface area contributed by atoms with Gasteiger partial charge in [-0.15, -0.1) is 0 Å². The third kappa shape index (κ3) is 3.59. The lowest BCUT2D eigenvalue weighted by Gasteiger charge is -2.30. The molecule has 31 heavy (non-hydrogen) atoms. The molecule has 5 rings (SSSR count). The van der Waals surface area contributed by atoms with Crippen molar-refractivity contribution in [2.45, 2.75) is 37.3 Å². The van der Waals surface area contributed by atoms with Crippen LogP contribution in [0.15, 0.2) is 58.1 Å². The molecule has 3 heterocycles. The molecular formula is C23H21BrN4O3. The minimum atomic E-state index is -1.33. The first-order chi connectivity index (χ1) is 15.0. The molecule has 1 saturated carbocycles. The summed E-state index contributed by atoms with van der Waals surface area (Å²) in [5.74, 6) is 0.263. The molecule has 2 N–H and O–H groups in total. The summed E-state index contributed by atoms with van der Waals surface area (Å²) < 4.78 is 0.682. The van der Waals surface area contributed by atoms with Gasteiger partial charge in [-0.1, -0.05) is 30.3 Å². The number of fused-ring (bicyclic) bond motifs is 1. The summed E-state index contributed by atoms with van der Waals surface area (Å²) >= 11 is 3.30. The highest BCUT2D eigenvalue weighted by molar-refractivity contribution is 9.10. The van der Waals surface area contributed by atoms with Crippen molar-refractivity contribution in [1.82, 2.24) is 19.9 Å². The zero-order valence-electron chi connectivity index (χ0n) is 16.7. The van der Waals surface area contributed by atoms with E-state index in [9.17, 15) is 14.7 Å². The van der Waals surface area contributed by atoms with Crippen LogP contribution in [0.3, 0.4) is 0 Å². The standard InChI is InChI=1S/C23H21BrN4O3/c24-16-10-14(11-25-12-16)19(29)21(31)28-9-6-18-17(13-28)20(30)27-22(26-18)23(7-8-23)15-4-2-1-3-5-15/h1-5,10-12,19,29H,6-9,13H2,(H,26,27,30). The van der Waals surface area contributed by atoms with E-state index in [2.05, 4.69) is 38.0 Å². The summed E-state index contributed by atoms with van der Waals surface area (Å²) in [6.45, 7) is 0.534. The summed E-state index contributed by atoms with van der Waals surface area (Å²) in [6.07, 6.45) is 4.11. The van der Waals surface area contributed by atoms with Gasteiger partial charge in [0.05, 0.1) is 23.2 Å². The first kappa shape index (κ1) is 20.1. The molecule has 1 aromatic carbocycles. The number of halogens is 1. The van der Waals surface area contributed by atoms with Crippen LogP contribution < -0.4 is 5.56 Å². The summed E-state index contributed by atoms with van der Waals surface area (Å²) in [5, 5.41) is 10.5. The Morgan fingerprint density at radius 1 is 1.23 bits per heavy atom. The molecule has 1 fully saturated rings. The number of aliphatic hydroxyl groups excluding tert-OH is 1. The molecule has 2 aromatic heterocycles. The number of carbonyl (C=O) groups excluding carboxylic acids is 1. The van der Waals surface area contributed by atoms with Crippen molar-refractivity contribution in [2.24, 2.45) is 0 Å². The van der Waals surface area contributed by atoms with Gasteiger partial charge in [-0.3, -0.25) is 14.6 Å². The molecule has 0 saturated heterocycles. The topological polar surface area (TPSA) is 99.2 Å². The van der Waals surface area contributed by atoms with Gasteiger partial charge in [0.25, 0.3) is 11.5 Å². The van der Waals surface area contributed by atoms with E-state index >= 15 is 0 Å². The molecule has 1 unspecified atom stereocenters. The van der Waals surface area contributed by atoms with E-state index in [1.54, 1.807) is 12.3 Å². The summed E-state index contributed by atoms with van der Waals surface area (Å²) in [5.41, 5.74) is 2.38. The van der Waals surface area contributed by atoms with E-state index in [1.165, 1.54) is 11.1 Å². The van der Waals surface area contributed by atoms with Gasteiger partial charge in [0, 0.05) is 35.4 Å². The van der Waals surface area contributed by atoms with Gasteiger partial charge in [-0.25, -0.2) is 4.98 Å². The van der Waals surface area contributed by atoms with Crippen LogP contribution in [0, 0.1) is 0 Å². The lowest BCUT2D eigenvalue weighted by atomic mass is 9.94. The predicted octanol–water partition coefficient (Wildman–Crippen LogP) is 2.63. The highest BCUT2D eigenvalue weighted by Crippen LogP contribution is 2.51. The van der Waals surface area contributed by atoms with Crippen molar-refractivity contribution in [3.8, 4) is 0 Å². The zero-order valence-corrected chi connectivity index (χ0v) is 18.3. The van der Waals surface area contributed by atoms with Gasteiger partial charge in [0.2, 0.25) is 0 Å². The van der Waals surface area contributed by atoms with Gasteiger partial charge in [-0.2, -0.15) is 0 Å². The summed E-state index contributed by atoms with van der Waals surface area (Å²) in [7, 11) is 0. The number of carbonyl (C=O) groups is 1. The monoisotopic (exact) mass is 480 g/mol. The summed E-state index contributed by atoms with van der Waals surface area (Å²) in [4.78, 5) is 39.1. The maximum atomic E-state index is 12.9. The molecule has 0 bridgehead atoms. The number of pyridine rings is 1. The number of aromatic amines is 1. The van der Waals surface area contributed by atoms with Gasteiger partial charge < -0.3 is 15.0 Å². The van der Waals surface area contributed by atoms with E-state index in [0.717, 1.165) is 24.1 Å². The Morgan fingerprint density at radius 3 is 2.71 bits per heavy atom. The third-order valence-electron chi connectivity index (χ3n) is 6.19. The first-order valence-corrected chi connectivity index (χ1v) is 11.0. The first-order valence-electron chi connectivity index (χ1n) is 10.2. The van der Waals surface area contributed by atoms with E-state index < -0.39 is 12.0 Å². The molecule has 8 heteroatoms. The second kappa shape index (κ2) is 7.69. The molecule has 0 spiro atoms. The van der Waals surface area contributed by atoms with Crippen molar-refractivity contribution in [2.75, 3.05) is 6.54 Å². The summed E-state index contributed by atoms with van der Waals surface area (Å²) in [6, 6.07) is 11.8. The van der Waals surface area contributed by atoms with Crippen molar-refractivity contribution < 1.29 is 9.90 Å². The average Bonchev–Trinajstić information content (AvgIpc) is 3.61. The average molecular weight is 481 g/mol. The second-order valence-electron chi connectivity index (χ2n) is 8.14. The smallest absolute Gasteiger partial charge is 0.256 e. The third-order valence-corrected chi connectivity index (χ3v) is 6.62. The number of rotatable bonds is 4. The molecule has 7 nitrogen and oxygen atoms in total. The Kier molecular flexibility index (Phi) is 4.98. The van der Waals surface area contributed by atoms with Crippen LogP contribution in [0.5, 0.6) is 0 Å². The highest BCUT2D eigenvalue weighted by atomic mass is 79.9. The van der Waals surface area contributed by atoms with Crippen LogP contribution in [-0.4, -0.2) is 37.4 Å². The quantitative estimate of drug-likeness (QED) is 0.597. The lowest BCUT2D eigenvalue weighted by molar-refractivity contribution is -0.141. The Balaban J connectivity index is 1.40. The fourth-order valence-electron chi connectivity index (χ4n) is 4.28. The maximum Gasteiger partial charge on any atom is 0.256 e. The predicted molar refractivity (Wildman–Crippen MR) is 117 cm³/mol. The van der Waals surface area contributed by atoms with Crippen LogP contribution in [-0.2, 0) is 23.2 Å². The minimum Gasteiger partial charge on any atom is -0.378 e. The van der Waals surface area contributed by atoms with Crippen molar-refractivity contribution in [1.29, 1.82) is 0 Å². The highest BCUT2D eigenvalue weighted by Gasteiger charge is 2.48. The van der Waals surface area contributed by atoms with Gasteiger partial charge in [-0.05, 0) is 40.4 Å². The number of H-pyrrole nitrogens is 1. The van der Waals surface area contributed by atoms with E-state index in [4.69, 9.17) is 4.98 Å². The molecule has 1 aliphatic heterocycles. The van der Waals surface area contributed by atoms with E-state index in [0.29, 0.717) is 34.4 Å². The van der Waals surface area contributed by atoms with Crippen LogP contribution in [0.2, 0.25) is 0 Å². The van der Waals surface area contributed by atoms with Crippen molar-refractivity contribution >= 4 is 21.8 Å². The van der Waals surface area contributed by atoms with E-state index in [1.807, 2.05) is 18.2 Å². The largest absolute Gasteiger partial charge is 0.378 e. The number of nitrogens with zero attached hydrogens (tertiary/aromatic N) is 3. The van der Waals surface area contributed by atoms with Gasteiger partial charge >= 0.3 is 0 Å². The van der Waals surface area contributed by atoms with Gasteiger partial charge in [0.15, 0.2) is 6.10 Å². The number of aromatic nitrogens is 3. The fraction of sp³-hybridized carbons (Fsp3) is 0.304. The van der Waals surface area contributed by atoms with Crippen LogP contribution in [0.25, 0.3) is 0 Å². The second-order valence-corrected chi connectivity index (χ2v) is 9.05.